The summed E-state index contributed by atoms with van der Waals surface area (Å²) in [6.45, 7) is 5.81. The molecule has 1 saturated heterocycles. The minimum absolute atomic E-state index is 0.351. The fourth-order valence-electron chi connectivity index (χ4n) is 2.74. The summed E-state index contributed by atoms with van der Waals surface area (Å²) in [7, 11) is 0. The Morgan fingerprint density at radius 3 is 2.71 bits per heavy atom. The standard InChI is InChI=1S/C15H18F3N5S/c1-11-9-12(3-4-19-11)10-22-5-2-6-23(8-7-22)14-21-20-13(24-14)15(16,17)18/h3-4,9H,2,5-8,10H2,1H3. The van der Waals surface area contributed by atoms with E-state index in [0.29, 0.717) is 29.6 Å². The van der Waals surface area contributed by atoms with Crippen molar-refractivity contribution in [3.8, 4) is 0 Å². The van der Waals surface area contributed by atoms with Gasteiger partial charge in [-0.3, -0.25) is 9.88 Å². The van der Waals surface area contributed by atoms with E-state index in [9.17, 15) is 13.2 Å². The minimum atomic E-state index is -4.42. The van der Waals surface area contributed by atoms with Gasteiger partial charge in [-0.15, -0.1) is 10.2 Å². The molecular formula is C15H18F3N5S. The Morgan fingerprint density at radius 2 is 2.00 bits per heavy atom. The second-order valence-corrected chi connectivity index (χ2v) is 6.77. The Kier molecular flexibility index (Phi) is 5.00. The van der Waals surface area contributed by atoms with Crippen LogP contribution >= 0.6 is 11.3 Å². The van der Waals surface area contributed by atoms with E-state index in [-0.39, 0.29) is 0 Å². The number of anilines is 1. The summed E-state index contributed by atoms with van der Waals surface area (Å²) >= 11 is 0.615. The summed E-state index contributed by atoms with van der Waals surface area (Å²) in [5, 5.41) is 6.45. The van der Waals surface area contributed by atoms with Crippen LogP contribution in [0.4, 0.5) is 18.3 Å². The molecule has 0 atom stereocenters. The lowest BCUT2D eigenvalue weighted by Crippen LogP contribution is -2.30. The molecule has 130 valence electrons. The number of hydrogen-bond acceptors (Lipinski definition) is 6. The maximum absolute atomic E-state index is 12.7. The third kappa shape index (κ3) is 4.21. The molecule has 0 amide bonds. The average molecular weight is 357 g/mol. The zero-order valence-corrected chi connectivity index (χ0v) is 14.1. The minimum Gasteiger partial charge on any atom is -0.345 e. The van der Waals surface area contributed by atoms with E-state index < -0.39 is 11.2 Å². The molecule has 1 fully saturated rings. The number of pyridine rings is 1. The SMILES string of the molecule is Cc1cc(CN2CCCN(c3nnc(C(F)(F)F)s3)CC2)ccn1. The molecule has 1 aliphatic heterocycles. The van der Waals surface area contributed by atoms with E-state index in [1.54, 1.807) is 6.20 Å². The van der Waals surface area contributed by atoms with Gasteiger partial charge in [-0.2, -0.15) is 13.2 Å². The topological polar surface area (TPSA) is 45.2 Å². The van der Waals surface area contributed by atoms with E-state index in [0.717, 1.165) is 31.7 Å². The summed E-state index contributed by atoms with van der Waals surface area (Å²) in [4.78, 5) is 8.39. The van der Waals surface area contributed by atoms with Crippen LogP contribution < -0.4 is 4.90 Å². The molecule has 2 aromatic rings. The van der Waals surface area contributed by atoms with Crippen molar-refractivity contribution in [1.82, 2.24) is 20.1 Å². The lowest BCUT2D eigenvalue weighted by Gasteiger charge is -2.21. The van der Waals surface area contributed by atoms with Crippen molar-refractivity contribution in [2.24, 2.45) is 0 Å². The van der Waals surface area contributed by atoms with Crippen LogP contribution in [-0.4, -0.2) is 46.3 Å². The molecule has 2 aromatic heterocycles. The van der Waals surface area contributed by atoms with E-state index in [2.05, 4.69) is 26.1 Å². The molecule has 5 nitrogen and oxygen atoms in total. The normalized spacial score (nSPS) is 17.1. The maximum Gasteiger partial charge on any atom is 0.445 e. The van der Waals surface area contributed by atoms with Gasteiger partial charge >= 0.3 is 6.18 Å². The highest BCUT2D eigenvalue weighted by Crippen LogP contribution is 2.34. The van der Waals surface area contributed by atoms with Crippen LogP contribution in [0.3, 0.4) is 0 Å². The van der Waals surface area contributed by atoms with Crippen molar-refractivity contribution in [3.63, 3.8) is 0 Å². The lowest BCUT2D eigenvalue weighted by atomic mass is 10.2. The van der Waals surface area contributed by atoms with Crippen LogP contribution in [0.5, 0.6) is 0 Å². The zero-order chi connectivity index (χ0) is 17.2. The predicted octanol–water partition coefficient (Wildman–Crippen LogP) is 2.97. The first-order valence-electron chi connectivity index (χ1n) is 7.71. The van der Waals surface area contributed by atoms with Gasteiger partial charge in [0.25, 0.3) is 0 Å². The number of aromatic nitrogens is 3. The Labute approximate surface area is 142 Å². The Bertz CT molecular complexity index is 688. The van der Waals surface area contributed by atoms with Crippen LogP contribution in [0.1, 0.15) is 22.7 Å². The molecule has 9 heteroatoms. The molecule has 0 unspecified atom stereocenters. The molecule has 0 aromatic carbocycles. The number of rotatable bonds is 3. The van der Waals surface area contributed by atoms with Crippen LogP contribution in [0, 0.1) is 6.92 Å². The monoisotopic (exact) mass is 357 g/mol. The molecule has 24 heavy (non-hydrogen) atoms. The second kappa shape index (κ2) is 7.02. The van der Waals surface area contributed by atoms with E-state index in [4.69, 9.17) is 0 Å². The van der Waals surface area contributed by atoms with Crippen molar-refractivity contribution < 1.29 is 13.2 Å². The average Bonchev–Trinajstić information content (AvgIpc) is 2.90. The lowest BCUT2D eigenvalue weighted by molar-refractivity contribution is -0.138. The van der Waals surface area contributed by atoms with Gasteiger partial charge in [0.05, 0.1) is 0 Å². The Morgan fingerprint density at radius 1 is 1.17 bits per heavy atom. The molecule has 0 bridgehead atoms. The molecule has 0 N–H and O–H groups in total. The number of alkyl halides is 3. The van der Waals surface area contributed by atoms with Gasteiger partial charge < -0.3 is 4.90 Å². The highest BCUT2D eigenvalue weighted by atomic mass is 32.1. The number of nitrogens with zero attached hydrogens (tertiary/aromatic N) is 5. The first kappa shape index (κ1) is 17.1. The highest BCUT2D eigenvalue weighted by Gasteiger charge is 2.36. The highest BCUT2D eigenvalue weighted by molar-refractivity contribution is 7.15. The van der Waals surface area contributed by atoms with E-state index >= 15 is 0 Å². The van der Waals surface area contributed by atoms with Gasteiger partial charge in [0.15, 0.2) is 0 Å². The van der Waals surface area contributed by atoms with E-state index in [1.165, 1.54) is 5.56 Å². The predicted molar refractivity (Wildman–Crippen MR) is 86.0 cm³/mol. The van der Waals surface area contributed by atoms with Gasteiger partial charge in [-0.25, -0.2) is 0 Å². The zero-order valence-electron chi connectivity index (χ0n) is 13.3. The van der Waals surface area contributed by atoms with Gasteiger partial charge in [0, 0.05) is 44.6 Å². The van der Waals surface area contributed by atoms with Gasteiger partial charge in [0.1, 0.15) is 0 Å². The number of aryl methyl sites for hydroxylation is 1. The molecule has 3 rings (SSSR count). The van der Waals surface area contributed by atoms with Crippen molar-refractivity contribution in [2.75, 3.05) is 31.1 Å². The third-order valence-electron chi connectivity index (χ3n) is 3.88. The van der Waals surface area contributed by atoms with Gasteiger partial charge in [-0.05, 0) is 31.0 Å². The first-order chi connectivity index (χ1) is 11.4. The number of halogens is 3. The smallest absolute Gasteiger partial charge is 0.345 e. The Balaban J connectivity index is 1.62. The summed E-state index contributed by atoms with van der Waals surface area (Å²) in [6.07, 6.45) is -1.74. The van der Waals surface area contributed by atoms with Gasteiger partial charge in [-0.1, -0.05) is 11.3 Å². The van der Waals surface area contributed by atoms with Crippen LogP contribution in [0.2, 0.25) is 0 Å². The van der Waals surface area contributed by atoms with Crippen LogP contribution in [0.25, 0.3) is 0 Å². The maximum atomic E-state index is 12.7. The van der Waals surface area contributed by atoms with Crippen molar-refractivity contribution >= 4 is 16.5 Å². The third-order valence-corrected chi connectivity index (χ3v) is 4.91. The Hall–Kier alpha value is -1.74. The molecule has 3 heterocycles. The number of hydrogen-bond donors (Lipinski definition) is 0. The van der Waals surface area contributed by atoms with Crippen LogP contribution in [0.15, 0.2) is 18.3 Å². The molecule has 0 spiro atoms. The summed E-state index contributed by atoms with van der Waals surface area (Å²) in [5.41, 5.74) is 2.18. The first-order valence-corrected chi connectivity index (χ1v) is 8.53. The molecular weight excluding hydrogens is 339 g/mol. The molecule has 1 aliphatic rings. The van der Waals surface area contributed by atoms with Crippen LogP contribution in [-0.2, 0) is 12.7 Å². The van der Waals surface area contributed by atoms with E-state index in [1.807, 2.05) is 17.9 Å². The molecule has 0 aliphatic carbocycles. The van der Waals surface area contributed by atoms with Gasteiger partial charge in [0.2, 0.25) is 10.1 Å². The van der Waals surface area contributed by atoms with Crippen molar-refractivity contribution in [2.45, 2.75) is 26.1 Å². The molecule has 0 radical (unpaired) electrons. The summed E-state index contributed by atoms with van der Waals surface area (Å²) in [6, 6.07) is 4.05. The largest absolute Gasteiger partial charge is 0.445 e. The summed E-state index contributed by atoms with van der Waals surface area (Å²) < 4.78 is 38.0. The quantitative estimate of drug-likeness (QED) is 0.845. The summed E-state index contributed by atoms with van der Waals surface area (Å²) in [5.74, 6) is 0. The fourth-order valence-corrected chi connectivity index (χ4v) is 3.50. The molecule has 0 saturated carbocycles. The van der Waals surface area contributed by atoms with Crippen molar-refractivity contribution in [3.05, 3.63) is 34.6 Å². The second-order valence-electron chi connectivity index (χ2n) is 5.81. The fraction of sp³-hybridized carbons (Fsp3) is 0.533. The van der Waals surface area contributed by atoms with Crippen molar-refractivity contribution in [1.29, 1.82) is 0 Å².